The number of hydrogen-bond donors (Lipinski definition) is 2. The number of carbonyl (C=O) groups is 2. The fraction of sp³-hybridized carbons (Fsp3) is 0.714. The second-order valence-corrected chi connectivity index (χ2v) is 2.70. The standard InChI is InChI=1S/C7H11NO3/c9-6-4-2-1-3-5(8-6)7(10)11/h5H,1-4H2,(H,8,9)(H,10,11)/t5-/m0/s1. The minimum atomic E-state index is -0.930. The van der Waals surface area contributed by atoms with Crippen molar-refractivity contribution in [3.05, 3.63) is 0 Å². The van der Waals surface area contributed by atoms with Gasteiger partial charge >= 0.3 is 5.97 Å². The number of carboxylic acids is 1. The molecule has 1 fully saturated rings. The fourth-order valence-corrected chi connectivity index (χ4v) is 1.16. The van der Waals surface area contributed by atoms with E-state index in [9.17, 15) is 9.59 Å². The van der Waals surface area contributed by atoms with Crippen molar-refractivity contribution in [2.24, 2.45) is 0 Å². The van der Waals surface area contributed by atoms with Gasteiger partial charge in [-0.15, -0.1) is 0 Å². The minimum absolute atomic E-state index is 0.144. The Morgan fingerprint density at radius 2 is 2.27 bits per heavy atom. The Bertz CT molecular complexity index is 179. The topological polar surface area (TPSA) is 66.4 Å². The summed E-state index contributed by atoms with van der Waals surface area (Å²) >= 11 is 0. The Morgan fingerprint density at radius 3 is 2.91 bits per heavy atom. The average Bonchev–Trinajstić information content (AvgIpc) is 2.13. The van der Waals surface area contributed by atoms with Crippen LogP contribution in [0.4, 0.5) is 0 Å². The number of rotatable bonds is 1. The van der Waals surface area contributed by atoms with Gasteiger partial charge in [0.1, 0.15) is 6.04 Å². The summed E-state index contributed by atoms with van der Waals surface area (Å²) in [5, 5.41) is 11.0. The summed E-state index contributed by atoms with van der Waals surface area (Å²) < 4.78 is 0. The molecule has 1 amide bonds. The Labute approximate surface area is 64.6 Å². The van der Waals surface area contributed by atoms with E-state index in [-0.39, 0.29) is 5.91 Å². The highest BCUT2D eigenvalue weighted by atomic mass is 16.4. The maximum absolute atomic E-state index is 10.8. The molecule has 0 aliphatic carbocycles. The molecule has 0 radical (unpaired) electrons. The molecule has 0 saturated carbocycles. The van der Waals surface area contributed by atoms with E-state index >= 15 is 0 Å². The van der Waals surface area contributed by atoms with Gasteiger partial charge in [0.15, 0.2) is 0 Å². The van der Waals surface area contributed by atoms with Crippen molar-refractivity contribution in [1.29, 1.82) is 0 Å². The molecular formula is C7H11NO3. The molecule has 0 unspecified atom stereocenters. The highest BCUT2D eigenvalue weighted by Crippen LogP contribution is 2.08. The van der Waals surface area contributed by atoms with Crippen LogP contribution < -0.4 is 5.32 Å². The van der Waals surface area contributed by atoms with Crippen LogP contribution in [-0.2, 0) is 9.59 Å². The van der Waals surface area contributed by atoms with Crippen LogP contribution in [0.3, 0.4) is 0 Å². The molecule has 1 atom stereocenters. The van der Waals surface area contributed by atoms with Crippen molar-refractivity contribution in [2.45, 2.75) is 31.7 Å². The zero-order valence-electron chi connectivity index (χ0n) is 6.17. The van der Waals surface area contributed by atoms with Gasteiger partial charge < -0.3 is 10.4 Å². The van der Waals surface area contributed by atoms with Crippen molar-refractivity contribution in [1.82, 2.24) is 5.32 Å². The third kappa shape index (κ3) is 2.22. The van der Waals surface area contributed by atoms with Gasteiger partial charge in [0.2, 0.25) is 5.91 Å². The fourth-order valence-electron chi connectivity index (χ4n) is 1.16. The Morgan fingerprint density at radius 1 is 1.55 bits per heavy atom. The molecule has 1 aliphatic rings. The van der Waals surface area contributed by atoms with E-state index in [0.29, 0.717) is 12.8 Å². The van der Waals surface area contributed by atoms with Gasteiger partial charge in [0, 0.05) is 6.42 Å². The van der Waals surface area contributed by atoms with Gasteiger partial charge in [-0.05, 0) is 12.8 Å². The van der Waals surface area contributed by atoms with Crippen molar-refractivity contribution in [3.8, 4) is 0 Å². The Hall–Kier alpha value is -1.06. The molecule has 0 aromatic heterocycles. The van der Waals surface area contributed by atoms with Crippen molar-refractivity contribution >= 4 is 11.9 Å². The summed E-state index contributed by atoms with van der Waals surface area (Å²) in [6.45, 7) is 0. The van der Waals surface area contributed by atoms with E-state index in [1.807, 2.05) is 0 Å². The van der Waals surface area contributed by atoms with Crippen LogP contribution in [0.5, 0.6) is 0 Å². The summed E-state index contributed by atoms with van der Waals surface area (Å²) in [6, 6.07) is -0.662. The Balaban J connectivity index is 2.52. The van der Waals surface area contributed by atoms with Gasteiger partial charge in [-0.25, -0.2) is 4.79 Å². The molecule has 1 aliphatic heterocycles. The quantitative estimate of drug-likeness (QED) is 0.568. The van der Waals surface area contributed by atoms with Crippen LogP contribution in [0.25, 0.3) is 0 Å². The van der Waals surface area contributed by atoms with Gasteiger partial charge in [0.05, 0.1) is 0 Å². The number of carboxylic acid groups (broad SMARTS) is 1. The second-order valence-electron chi connectivity index (χ2n) is 2.70. The minimum Gasteiger partial charge on any atom is -0.480 e. The van der Waals surface area contributed by atoms with Crippen LogP contribution in [0.15, 0.2) is 0 Å². The van der Waals surface area contributed by atoms with E-state index in [1.54, 1.807) is 0 Å². The molecule has 0 aromatic carbocycles. The van der Waals surface area contributed by atoms with Crippen LogP contribution in [0.2, 0.25) is 0 Å². The van der Waals surface area contributed by atoms with Crippen LogP contribution in [-0.4, -0.2) is 23.0 Å². The van der Waals surface area contributed by atoms with Gasteiger partial charge in [-0.2, -0.15) is 0 Å². The van der Waals surface area contributed by atoms with Gasteiger partial charge in [-0.3, -0.25) is 4.79 Å². The number of hydrogen-bond acceptors (Lipinski definition) is 2. The lowest BCUT2D eigenvalue weighted by molar-refractivity contribution is -0.141. The summed E-state index contributed by atoms with van der Waals surface area (Å²) in [5.74, 6) is -1.07. The maximum Gasteiger partial charge on any atom is 0.326 e. The third-order valence-electron chi connectivity index (χ3n) is 1.78. The van der Waals surface area contributed by atoms with Crippen molar-refractivity contribution < 1.29 is 14.7 Å². The zero-order chi connectivity index (χ0) is 8.27. The maximum atomic E-state index is 10.8. The van der Waals surface area contributed by atoms with E-state index in [2.05, 4.69) is 5.32 Å². The largest absolute Gasteiger partial charge is 0.480 e. The lowest BCUT2D eigenvalue weighted by Crippen LogP contribution is -2.38. The first kappa shape index (κ1) is 8.04. The van der Waals surface area contributed by atoms with Crippen LogP contribution >= 0.6 is 0 Å². The van der Waals surface area contributed by atoms with E-state index in [4.69, 9.17) is 5.11 Å². The first-order valence-corrected chi connectivity index (χ1v) is 3.72. The molecule has 62 valence electrons. The third-order valence-corrected chi connectivity index (χ3v) is 1.78. The summed E-state index contributed by atoms with van der Waals surface area (Å²) in [7, 11) is 0. The zero-order valence-corrected chi connectivity index (χ0v) is 6.17. The van der Waals surface area contributed by atoms with Gasteiger partial charge in [-0.1, -0.05) is 6.42 Å². The molecule has 1 heterocycles. The lowest BCUT2D eigenvalue weighted by atomic mass is 10.1. The highest BCUT2D eigenvalue weighted by molar-refractivity contribution is 5.83. The van der Waals surface area contributed by atoms with E-state index in [1.165, 1.54) is 0 Å². The van der Waals surface area contributed by atoms with Crippen LogP contribution in [0, 0.1) is 0 Å². The number of carbonyl (C=O) groups excluding carboxylic acids is 1. The van der Waals surface area contributed by atoms with E-state index in [0.717, 1.165) is 12.8 Å². The van der Waals surface area contributed by atoms with E-state index < -0.39 is 12.0 Å². The lowest BCUT2D eigenvalue weighted by Gasteiger charge is -2.08. The molecule has 0 spiro atoms. The molecule has 4 heteroatoms. The van der Waals surface area contributed by atoms with Crippen molar-refractivity contribution in [2.75, 3.05) is 0 Å². The normalized spacial score (nSPS) is 25.5. The molecular weight excluding hydrogens is 146 g/mol. The molecule has 0 aromatic rings. The summed E-state index contributed by atoms with van der Waals surface area (Å²) in [6.07, 6.45) is 2.64. The second kappa shape index (κ2) is 3.37. The van der Waals surface area contributed by atoms with Crippen LogP contribution in [0.1, 0.15) is 25.7 Å². The average molecular weight is 157 g/mol. The molecule has 1 rings (SSSR count). The number of aliphatic carboxylic acids is 1. The predicted octanol–water partition coefficient (Wildman–Crippen LogP) is 0.130. The summed E-state index contributed by atoms with van der Waals surface area (Å²) in [5.41, 5.74) is 0. The molecule has 1 saturated heterocycles. The SMILES string of the molecule is O=C1CCCC[C@@H](C(=O)O)N1. The number of nitrogens with one attached hydrogen (secondary N) is 1. The first-order valence-electron chi connectivity index (χ1n) is 3.72. The highest BCUT2D eigenvalue weighted by Gasteiger charge is 2.21. The molecule has 2 N–H and O–H groups in total. The summed E-state index contributed by atoms with van der Waals surface area (Å²) in [4.78, 5) is 21.3. The smallest absolute Gasteiger partial charge is 0.326 e. The first-order chi connectivity index (χ1) is 5.20. The number of amides is 1. The van der Waals surface area contributed by atoms with Gasteiger partial charge in [0.25, 0.3) is 0 Å². The molecule has 0 bridgehead atoms. The predicted molar refractivity (Wildman–Crippen MR) is 38.0 cm³/mol. The van der Waals surface area contributed by atoms with Crippen molar-refractivity contribution in [3.63, 3.8) is 0 Å². The molecule has 4 nitrogen and oxygen atoms in total. The Kier molecular flexibility index (Phi) is 2.46. The monoisotopic (exact) mass is 157 g/mol. The molecule has 11 heavy (non-hydrogen) atoms.